The van der Waals surface area contributed by atoms with Gasteiger partial charge in [0.2, 0.25) is 0 Å². The van der Waals surface area contributed by atoms with Crippen LogP contribution in [0.15, 0.2) is 48.8 Å². The zero-order valence-corrected chi connectivity index (χ0v) is 23.2. The van der Waals surface area contributed by atoms with E-state index in [9.17, 15) is 9.59 Å². The van der Waals surface area contributed by atoms with Crippen LogP contribution < -0.4 is 15.5 Å². The van der Waals surface area contributed by atoms with Crippen LogP contribution in [0.4, 0.5) is 16.3 Å². The van der Waals surface area contributed by atoms with E-state index in [0.717, 1.165) is 54.0 Å². The van der Waals surface area contributed by atoms with Gasteiger partial charge in [-0.3, -0.25) is 9.78 Å². The van der Waals surface area contributed by atoms with Gasteiger partial charge in [-0.15, -0.1) is 0 Å². The fourth-order valence-electron chi connectivity index (χ4n) is 5.31. The van der Waals surface area contributed by atoms with E-state index in [0.29, 0.717) is 43.4 Å². The van der Waals surface area contributed by atoms with Crippen molar-refractivity contribution in [2.45, 2.75) is 25.8 Å². The molecule has 0 bridgehead atoms. The van der Waals surface area contributed by atoms with Crippen LogP contribution in [-0.2, 0) is 4.74 Å². The molecule has 212 valence electrons. The second-order valence-corrected chi connectivity index (χ2v) is 10.3. The molecule has 4 aromatic rings. The highest BCUT2D eigenvalue weighted by Crippen LogP contribution is 2.32. The van der Waals surface area contributed by atoms with Crippen molar-refractivity contribution in [1.29, 1.82) is 0 Å². The van der Waals surface area contributed by atoms with Gasteiger partial charge in [-0.05, 0) is 56.2 Å². The van der Waals surface area contributed by atoms with E-state index in [1.54, 1.807) is 13.2 Å². The van der Waals surface area contributed by atoms with Crippen molar-refractivity contribution in [2.24, 2.45) is 0 Å². The van der Waals surface area contributed by atoms with Crippen LogP contribution in [-0.4, -0.2) is 88.0 Å². The summed E-state index contributed by atoms with van der Waals surface area (Å²) in [4.78, 5) is 43.1. The van der Waals surface area contributed by atoms with Gasteiger partial charge >= 0.3 is 6.03 Å². The number of ether oxygens (including phenoxy) is 1. The number of urea groups is 1. The first kappa shape index (κ1) is 26.6. The molecule has 0 radical (unpaired) electrons. The summed E-state index contributed by atoms with van der Waals surface area (Å²) in [5.74, 6) is 1.44. The van der Waals surface area contributed by atoms with Crippen LogP contribution >= 0.6 is 0 Å². The number of pyridine rings is 1. The number of aromatic nitrogens is 5. The maximum absolute atomic E-state index is 13.0. The van der Waals surface area contributed by atoms with Crippen LogP contribution in [0.2, 0.25) is 0 Å². The molecule has 3 aromatic heterocycles. The fraction of sp³-hybridized carbons (Fsp3) is 0.379. The third kappa shape index (κ3) is 5.55. The summed E-state index contributed by atoms with van der Waals surface area (Å²) in [5.41, 5.74) is 3.79. The highest BCUT2D eigenvalue weighted by Gasteiger charge is 2.28. The second-order valence-electron chi connectivity index (χ2n) is 10.3. The monoisotopic (exact) mass is 555 g/mol. The topological polar surface area (TPSA) is 130 Å². The van der Waals surface area contributed by atoms with Crippen molar-refractivity contribution in [3.05, 3.63) is 60.0 Å². The molecule has 12 nitrogen and oxygen atoms in total. The lowest BCUT2D eigenvalue weighted by atomic mass is 10.0. The minimum atomic E-state index is -0.280. The van der Waals surface area contributed by atoms with E-state index in [2.05, 4.69) is 20.5 Å². The van der Waals surface area contributed by atoms with Crippen molar-refractivity contribution in [3.8, 4) is 11.4 Å². The number of rotatable bonds is 5. The number of likely N-dealkylation sites (tertiary alicyclic amines) is 1. The van der Waals surface area contributed by atoms with Gasteiger partial charge in [-0.1, -0.05) is 0 Å². The fourth-order valence-corrected chi connectivity index (χ4v) is 5.31. The van der Waals surface area contributed by atoms with Crippen LogP contribution in [0.1, 0.15) is 34.9 Å². The number of morpholine rings is 1. The van der Waals surface area contributed by atoms with E-state index in [1.807, 2.05) is 59.1 Å². The highest BCUT2D eigenvalue weighted by molar-refractivity contribution is 5.94. The minimum absolute atomic E-state index is 0.00911. The lowest BCUT2D eigenvalue weighted by molar-refractivity contribution is 0.0691. The number of hydrogen-bond donors (Lipinski definition) is 2. The average molecular weight is 556 g/mol. The molecule has 0 aliphatic carbocycles. The summed E-state index contributed by atoms with van der Waals surface area (Å²) in [6.45, 7) is 5.92. The maximum atomic E-state index is 13.0. The Morgan fingerprint density at radius 1 is 0.951 bits per heavy atom. The Hall–Kier alpha value is -4.58. The number of anilines is 2. The van der Waals surface area contributed by atoms with E-state index in [1.165, 1.54) is 0 Å². The SMILES string of the molecule is CNC(=O)Nc1ccc(-c2nc(N3CCOCC3)c3cnn(C4CCN(C(=O)c5ccc(C)nc5)CC4)c3n2)cc1. The molecule has 6 rings (SSSR count). The minimum Gasteiger partial charge on any atom is -0.378 e. The molecule has 12 heteroatoms. The molecule has 0 atom stereocenters. The van der Waals surface area contributed by atoms with Crippen molar-refractivity contribution in [3.63, 3.8) is 0 Å². The first-order valence-electron chi connectivity index (χ1n) is 13.9. The molecule has 2 aliphatic heterocycles. The average Bonchev–Trinajstić information content (AvgIpc) is 3.45. The Morgan fingerprint density at radius 3 is 2.39 bits per heavy atom. The molecule has 5 heterocycles. The standard InChI is InChI=1S/C29H33N9O3/c1-19-3-4-21(17-31-19)28(39)37-11-9-23(10-12-37)38-27-24(18-32-38)26(36-13-15-41-16-14-36)34-25(35-27)20-5-7-22(8-6-20)33-29(40)30-2/h3-8,17-18,23H,9-16H2,1-2H3,(H2,30,33,40). The molecule has 0 saturated carbocycles. The van der Waals surface area contributed by atoms with Crippen LogP contribution in [0.25, 0.3) is 22.4 Å². The first-order valence-corrected chi connectivity index (χ1v) is 13.9. The molecule has 1 aromatic carbocycles. The van der Waals surface area contributed by atoms with E-state index in [-0.39, 0.29) is 18.0 Å². The van der Waals surface area contributed by atoms with Gasteiger partial charge in [0.1, 0.15) is 5.82 Å². The summed E-state index contributed by atoms with van der Waals surface area (Å²) in [6.07, 6.45) is 5.05. The summed E-state index contributed by atoms with van der Waals surface area (Å²) in [7, 11) is 1.58. The molecule has 2 aliphatic rings. The predicted molar refractivity (Wildman–Crippen MR) is 155 cm³/mol. The molecule has 0 unspecified atom stereocenters. The number of benzene rings is 1. The number of amides is 3. The van der Waals surface area contributed by atoms with Gasteiger partial charge in [-0.25, -0.2) is 19.4 Å². The molecule has 0 spiro atoms. The number of aryl methyl sites for hydroxylation is 1. The van der Waals surface area contributed by atoms with Crippen LogP contribution in [0, 0.1) is 6.92 Å². The number of fused-ring (bicyclic) bond motifs is 1. The molecule has 2 fully saturated rings. The Balaban J connectivity index is 1.29. The van der Waals surface area contributed by atoms with Crippen LogP contribution in [0.5, 0.6) is 0 Å². The molecular weight excluding hydrogens is 522 g/mol. The third-order valence-corrected chi connectivity index (χ3v) is 7.63. The summed E-state index contributed by atoms with van der Waals surface area (Å²) in [5, 5.41) is 11.0. The number of carbonyl (C=O) groups excluding carboxylic acids is 2. The van der Waals surface area contributed by atoms with Gasteiger partial charge in [0, 0.05) is 56.4 Å². The molecule has 3 amide bonds. The molecule has 2 N–H and O–H groups in total. The highest BCUT2D eigenvalue weighted by atomic mass is 16.5. The Labute approximate surface area is 237 Å². The van der Waals surface area contributed by atoms with Crippen molar-refractivity contribution >= 4 is 34.5 Å². The largest absolute Gasteiger partial charge is 0.378 e. The van der Waals surface area contributed by atoms with Crippen molar-refractivity contribution in [2.75, 3.05) is 56.7 Å². The molecule has 41 heavy (non-hydrogen) atoms. The lowest BCUT2D eigenvalue weighted by Crippen LogP contribution is -2.39. The Kier molecular flexibility index (Phi) is 7.47. The summed E-state index contributed by atoms with van der Waals surface area (Å²) in [6, 6.07) is 11.0. The number of carbonyl (C=O) groups is 2. The predicted octanol–water partition coefficient (Wildman–Crippen LogP) is 3.26. The van der Waals surface area contributed by atoms with Gasteiger partial charge < -0.3 is 25.2 Å². The summed E-state index contributed by atoms with van der Waals surface area (Å²) < 4.78 is 7.59. The lowest BCUT2D eigenvalue weighted by Gasteiger charge is -2.32. The number of piperidine rings is 1. The number of nitrogens with one attached hydrogen (secondary N) is 2. The molecule has 2 saturated heterocycles. The smallest absolute Gasteiger partial charge is 0.318 e. The Bertz CT molecular complexity index is 1540. The maximum Gasteiger partial charge on any atom is 0.318 e. The van der Waals surface area contributed by atoms with E-state index >= 15 is 0 Å². The number of hydrogen-bond acceptors (Lipinski definition) is 8. The van der Waals surface area contributed by atoms with Gasteiger partial charge in [-0.2, -0.15) is 5.10 Å². The Morgan fingerprint density at radius 2 is 1.71 bits per heavy atom. The van der Waals surface area contributed by atoms with Gasteiger partial charge in [0.05, 0.1) is 36.4 Å². The summed E-state index contributed by atoms with van der Waals surface area (Å²) >= 11 is 0. The zero-order valence-electron chi connectivity index (χ0n) is 23.2. The zero-order chi connectivity index (χ0) is 28.3. The third-order valence-electron chi connectivity index (χ3n) is 7.63. The second kappa shape index (κ2) is 11.5. The first-order chi connectivity index (χ1) is 20.0. The van der Waals surface area contributed by atoms with Gasteiger partial charge in [0.15, 0.2) is 11.5 Å². The quantitative estimate of drug-likeness (QED) is 0.384. The van der Waals surface area contributed by atoms with Crippen molar-refractivity contribution in [1.82, 2.24) is 34.9 Å². The van der Waals surface area contributed by atoms with E-state index in [4.69, 9.17) is 19.8 Å². The van der Waals surface area contributed by atoms with E-state index < -0.39 is 0 Å². The normalized spacial score (nSPS) is 16.1. The van der Waals surface area contributed by atoms with Crippen molar-refractivity contribution < 1.29 is 14.3 Å². The number of nitrogens with zero attached hydrogens (tertiary/aromatic N) is 7. The van der Waals surface area contributed by atoms with Crippen LogP contribution in [0.3, 0.4) is 0 Å². The molecular formula is C29H33N9O3. The van der Waals surface area contributed by atoms with Gasteiger partial charge in [0.25, 0.3) is 5.91 Å².